The third-order valence-electron chi connectivity index (χ3n) is 4.02. The lowest BCUT2D eigenvalue weighted by molar-refractivity contribution is 0.0983. The molecular formula is C15H17NO4S. The number of aromatic amines is 1. The maximum Gasteiger partial charge on any atom is 0.183 e. The van der Waals surface area contributed by atoms with Crippen molar-refractivity contribution in [1.29, 1.82) is 0 Å². The van der Waals surface area contributed by atoms with Crippen molar-refractivity contribution in [1.82, 2.24) is 4.98 Å². The van der Waals surface area contributed by atoms with Crippen LogP contribution in [0.4, 0.5) is 0 Å². The summed E-state index contributed by atoms with van der Waals surface area (Å²) in [6.07, 6.45) is 3.40. The van der Waals surface area contributed by atoms with Crippen LogP contribution in [0.15, 0.2) is 24.4 Å². The Labute approximate surface area is 123 Å². The van der Waals surface area contributed by atoms with E-state index in [1.54, 1.807) is 12.3 Å². The largest absolute Gasteiger partial charge is 0.496 e. The standard InChI is InChI=1S/C15H17NO4S/c1-20-12-6-4-5-11-14(12)10(9-16-11)15(17)13-7-2-3-8-21(13,18)19/h4-6,9,13,16H,2-3,7-8H2,1H3. The number of ketones is 1. The molecule has 1 unspecified atom stereocenters. The molecule has 1 aromatic heterocycles. The molecule has 1 fully saturated rings. The van der Waals surface area contributed by atoms with E-state index in [2.05, 4.69) is 4.98 Å². The summed E-state index contributed by atoms with van der Waals surface area (Å²) in [4.78, 5) is 15.7. The fourth-order valence-electron chi connectivity index (χ4n) is 2.94. The Morgan fingerprint density at radius 2 is 2.14 bits per heavy atom. The lowest BCUT2D eigenvalue weighted by atomic mass is 10.0. The molecule has 0 saturated carbocycles. The molecule has 1 saturated heterocycles. The van der Waals surface area contributed by atoms with Gasteiger partial charge in [0, 0.05) is 17.3 Å². The van der Waals surface area contributed by atoms with Gasteiger partial charge in [-0.05, 0) is 25.0 Å². The minimum absolute atomic E-state index is 0.100. The molecule has 1 aromatic carbocycles. The van der Waals surface area contributed by atoms with Gasteiger partial charge in [0.25, 0.3) is 0 Å². The number of carbonyl (C=O) groups excluding carboxylic acids is 1. The normalized spacial score (nSPS) is 21.3. The van der Waals surface area contributed by atoms with Gasteiger partial charge in [0.1, 0.15) is 11.0 Å². The Balaban J connectivity index is 2.10. The van der Waals surface area contributed by atoms with Crippen LogP contribution in [0.25, 0.3) is 10.9 Å². The summed E-state index contributed by atoms with van der Waals surface area (Å²) in [5.74, 6) is 0.346. The molecule has 1 aliphatic heterocycles. The maximum atomic E-state index is 12.7. The van der Waals surface area contributed by atoms with Gasteiger partial charge in [-0.15, -0.1) is 0 Å². The highest BCUT2D eigenvalue weighted by molar-refractivity contribution is 7.92. The van der Waals surface area contributed by atoms with E-state index in [1.807, 2.05) is 12.1 Å². The van der Waals surface area contributed by atoms with E-state index in [1.165, 1.54) is 7.11 Å². The van der Waals surface area contributed by atoms with Crippen LogP contribution in [0.2, 0.25) is 0 Å². The van der Waals surface area contributed by atoms with Crippen LogP contribution in [0, 0.1) is 0 Å². The minimum atomic E-state index is -3.34. The van der Waals surface area contributed by atoms with Crippen LogP contribution in [-0.4, -0.2) is 37.3 Å². The van der Waals surface area contributed by atoms with E-state index in [4.69, 9.17) is 4.74 Å². The summed E-state index contributed by atoms with van der Waals surface area (Å²) in [5, 5.41) is -0.263. The summed E-state index contributed by atoms with van der Waals surface area (Å²) in [6.45, 7) is 0. The Morgan fingerprint density at radius 3 is 2.86 bits per heavy atom. The molecule has 1 N–H and O–H groups in total. The Kier molecular flexibility index (Phi) is 3.49. The third kappa shape index (κ3) is 2.33. The summed E-state index contributed by atoms with van der Waals surface area (Å²) in [5.41, 5.74) is 1.17. The smallest absolute Gasteiger partial charge is 0.183 e. The second-order valence-corrected chi connectivity index (χ2v) is 7.60. The van der Waals surface area contributed by atoms with Crippen LogP contribution in [-0.2, 0) is 9.84 Å². The van der Waals surface area contributed by atoms with Gasteiger partial charge >= 0.3 is 0 Å². The number of hydrogen-bond acceptors (Lipinski definition) is 4. The first-order valence-electron chi connectivity index (χ1n) is 6.94. The van der Waals surface area contributed by atoms with Crippen molar-refractivity contribution in [3.05, 3.63) is 30.0 Å². The van der Waals surface area contributed by atoms with E-state index >= 15 is 0 Å². The first-order chi connectivity index (χ1) is 10.0. The summed E-state index contributed by atoms with van der Waals surface area (Å²) in [7, 11) is -1.81. The van der Waals surface area contributed by atoms with Gasteiger partial charge in [0.15, 0.2) is 15.6 Å². The molecule has 3 rings (SSSR count). The summed E-state index contributed by atoms with van der Waals surface area (Å²) >= 11 is 0. The molecular weight excluding hydrogens is 290 g/mol. The monoisotopic (exact) mass is 307 g/mol. The molecule has 2 aromatic rings. The number of nitrogens with one attached hydrogen (secondary N) is 1. The molecule has 0 bridgehead atoms. The highest BCUT2D eigenvalue weighted by atomic mass is 32.2. The quantitative estimate of drug-likeness (QED) is 0.883. The van der Waals surface area contributed by atoms with Crippen molar-refractivity contribution in [3.8, 4) is 5.75 Å². The topological polar surface area (TPSA) is 76.2 Å². The molecule has 0 radical (unpaired) electrons. The first-order valence-corrected chi connectivity index (χ1v) is 8.66. The number of fused-ring (bicyclic) bond motifs is 1. The van der Waals surface area contributed by atoms with Gasteiger partial charge in [-0.2, -0.15) is 0 Å². The Bertz CT molecular complexity index is 791. The number of methoxy groups -OCH3 is 1. The fraction of sp³-hybridized carbons (Fsp3) is 0.400. The number of benzene rings is 1. The Hall–Kier alpha value is -1.82. The van der Waals surface area contributed by atoms with E-state index in [9.17, 15) is 13.2 Å². The predicted octanol–water partition coefficient (Wildman–Crippen LogP) is 2.33. The average Bonchev–Trinajstić information content (AvgIpc) is 2.90. The van der Waals surface area contributed by atoms with Crippen molar-refractivity contribution < 1.29 is 17.9 Å². The van der Waals surface area contributed by atoms with Gasteiger partial charge < -0.3 is 9.72 Å². The minimum Gasteiger partial charge on any atom is -0.496 e. The van der Waals surface area contributed by atoms with Crippen LogP contribution in [0.3, 0.4) is 0 Å². The molecule has 112 valence electrons. The number of H-pyrrole nitrogens is 1. The second kappa shape index (κ2) is 5.18. The zero-order chi connectivity index (χ0) is 15.0. The lowest BCUT2D eigenvalue weighted by Crippen LogP contribution is -2.35. The van der Waals surface area contributed by atoms with E-state index in [0.29, 0.717) is 29.5 Å². The van der Waals surface area contributed by atoms with Crippen molar-refractivity contribution in [2.24, 2.45) is 0 Å². The van der Waals surface area contributed by atoms with Gasteiger partial charge in [0.2, 0.25) is 0 Å². The van der Waals surface area contributed by atoms with Gasteiger partial charge in [-0.3, -0.25) is 4.79 Å². The molecule has 0 amide bonds. The predicted molar refractivity (Wildman–Crippen MR) is 80.6 cm³/mol. The SMILES string of the molecule is COc1cccc2[nH]cc(C(=O)C3CCCCS3(=O)=O)c12. The molecule has 0 aliphatic carbocycles. The van der Waals surface area contributed by atoms with Gasteiger partial charge in [0.05, 0.1) is 18.2 Å². The summed E-state index contributed by atoms with van der Waals surface area (Å²) in [6, 6.07) is 5.43. The molecule has 1 aliphatic rings. The van der Waals surface area contributed by atoms with Crippen LogP contribution >= 0.6 is 0 Å². The lowest BCUT2D eigenvalue weighted by Gasteiger charge is -2.20. The molecule has 5 nitrogen and oxygen atoms in total. The van der Waals surface area contributed by atoms with E-state index < -0.39 is 15.1 Å². The zero-order valence-corrected chi connectivity index (χ0v) is 12.6. The fourth-order valence-corrected chi connectivity index (χ4v) is 4.81. The van der Waals surface area contributed by atoms with Gasteiger partial charge in [-0.1, -0.05) is 12.5 Å². The van der Waals surface area contributed by atoms with Crippen LogP contribution in [0.5, 0.6) is 5.75 Å². The molecule has 0 spiro atoms. The number of aromatic nitrogens is 1. The number of sulfone groups is 1. The van der Waals surface area contributed by atoms with Crippen LogP contribution in [0.1, 0.15) is 29.6 Å². The molecule has 1 atom stereocenters. The highest BCUT2D eigenvalue weighted by Gasteiger charge is 2.36. The van der Waals surface area contributed by atoms with Crippen molar-refractivity contribution in [2.75, 3.05) is 12.9 Å². The molecule has 2 heterocycles. The van der Waals surface area contributed by atoms with Crippen molar-refractivity contribution >= 4 is 26.5 Å². The molecule has 6 heteroatoms. The number of rotatable bonds is 3. The first kappa shape index (κ1) is 14.1. The average molecular weight is 307 g/mol. The second-order valence-electron chi connectivity index (χ2n) is 5.30. The van der Waals surface area contributed by atoms with E-state index in [0.717, 1.165) is 11.9 Å². The Morgan fingerprint density at radius 1 is 1.33 bits per heavy atom. The number of carbonyl (C=O) groups is 1. The maximum absolute atomic E-state index is 12.7. The van der Waals surface area contributed by atoms with Gasteiger partial charge in [-0.25, -0.2) is 8.42 Å². The number of hydrogen-bond donors (Lipinski definition) is 1. The van der Waals surface area contributed by atoms with E-state index in [-0.39, 0.29) is 11.5 Å². The summed E-state index contributed by atoms with van der Waals surface area (Å²) < 4.78 is 29.6. The number of ether oxygens (including phenoxy) is 1. The van der Waals surface area contributed by atoms with Crippen molar-refractivity contribution in [3.63, 3.8) is 0 Å². The third-order valence-corrected chi connectivity index (χ3v) is 6.20. The van der Waals surface area contributed by atoms with Crippen LogP contribution < -0.4 is 4.74 Å². The molecule has 21 heavy (non-hydrogen) atoms. The number of Topliss-reactive ketones (excluding diaryl/α,β-unsaturated/α-hetero) is 1. The highest BCUT2D eigenvalue weighted by Crippen LogP contribution is 2.32. The zero-order valence-electron chi connectivity index (χ0n) is 11.8. The van der Waals surface area contributed by atoms with Crippen molar-refractivity contribution in [2.45, 2.75) is 24.5 Å².